The quantitative estimate of drug-likeness (QED) is 0.164. The number of aryl methyl sites for hydroxylation is 1. The minimum Gasteiger partial charge on any atom is -0.456 e. The Balaban J connectivity index is 1.05. The number of thiophene rings is 1. The molecule has 9 aromatic carbocycles. The van der Waals surface area contributed by atoms with Crippen molar-refractivity contribution in [2.24, 2.45) is 0 Å². The van der Waals surface area contributed by atoms with Gasteiger partial charge in [0, 0.05) is 60.4 Å². The summed E-state index contributed by atoms with van der Waals surface area (Å²) in [6.07, 6.45) is 4.84. The Morgan fingerprint density at radius 1 is 0.507 bits per heavy atom. The first-order chi connectivity index (χ1) is 33.9. The summed E-state index contributed by atoms with van der Waals surface area (Å²) in [6.45, 7) is 7.32. The van der Waals surface area contributed by atoms with E-state index in [9.17, 15) is 0 Å². The number of hydrogen-bond donors (Lipinski definition) is 0. The molecule has 0 radical (unpaired) electrons. The first-order valence-electron chi connectivity index (χ1n) is 24.7. The van der Waals surface area contributed by atoms with Crippen LogP contribution in [0.15, 0.2) is 192 Å². The van der Waals surface area contributed by atoms with Crippen LogP contribution in [0, 0.1) is 6.92 Å². The highest BCUT2D eigenvalue weighted by Gasteiger charge is 2.58. The zero-order chi connectivity index (χ0) is 45.8. The molecule has 3 aliphatic heterocycles. The van der Waals surface area contributed by atoms with E-state index in [2.05, 4.69) is 224 Å². The Labute approximate surface area is 406 Å². The van der Waals surface area contributed by atoms with Crippen LogP contribution in [0.4, 0.5) is 45.5 Å². The second-order valence-corrected chi connectivity index (χ2v) is 21.4. The summed E-state index contributed by atoms with van der Waals surface area (Å²) in [6, 6.07) is 70.8. The molecule has 6 heteroatoms. The van der Waals surface area contributed by atoms with Crippen LogP contribution in [-0.4, -0.2) is 12.3 Å². The maximum Gasteiger partial charge on any atom is 0.252 e. The van der Waals surface area contributed by atoms with Crippen molar-refractivity contribution in [3.8, 4) is 11.1 Å². The van der Waals surface area contributed by atoms with Crippen LogP contribution in [0.1, 0.15) is 50.7 Å². The number of hydrogen-bond acceptors (Lipinski definition) is 5. The van der Waals surface area contributed by atoms with Gasteiger partial charge < -0.3 is 19.1 Å². The van der Waals surface area contributed by atoms with Gasteiger partial charge in [-0.25, -0.2) is 0 Å². The van der Waals surface area contributed by atoms with E-state index in [1.165, 1.54) is 118 Å². The van der Waals surface area contributed by atoms with Crippen molar-refractivity contribution >= 4 is 122 Å². The lowest BCUT2D eigenvalue weighted by molar-refractivity contribution is 0.195. The number of nitrogens with zero attached hydrogens (tertiary/aromatic N) is 3. The summed E-state index contributed by atoms with van der Waals surface area (Å²) >= 11 is 1.91. The van der Waals surface area contributed by atoms with E-state index in [4.69, 9.17) is 4.42 Å². The second-order valence-electron chi connectivity index (χ2n) is 20.4. The van der Waals surface area contributed by atoms with Gasteiger partial charge in [-0.3, -0.25) is 0 Å². The van der Waals surface area contributed by atoms with Crippen LogP contribution < -0.4 is 31.1 Å². The molecule has 2 aromatic heterocycles. The maximum absolute atomic E-state index is 6.61. The van der Waals surface area contributed by atoms with Crippen LogP contribution in [0.5, 0.6) is 0 Å². The average Bonchev–Trinajstić information content (AvgIpc) is 4.03. The highest BCUT2D eigenvalue weighted by Crippen LogP contribution is 2.61. The van der Waals surface area contributed by atoms with Crippen LogP contribution in [0.3, 0.4) is 0 Å². The molecule has 15 rings (SSSR count). The number of fused-ring (bicyclic) bond motifs is 13. The van der Waals surface area contributed by atoms with Gasteiger partial charge in [-0.2, -0.15) is 0 Å². The lowest BCUT2D eigenvalue weighted by atomic mass is 9.33. The topological polar surface area (TPSA) is 22.9 Å². The predicted octanol–water partition coefficient (Wildman–Crippen LogP) is 15.8. The van der Waals surface area contributed by atoms with Crippen molar-refractivity contribution in [3.05, 3.63) is 199 Å². The van der Waals surface area contributed by atoms with E-state index >= 15 is 0 Å². The van der Waals surface area contributed by atoms with E-state index in [0.717, 1.165) is 34.0 Å². The summed E-state index contributed by atoms with van der Waals surface area (Å²) < 4.78 is 9.22. The third-order valence-corrected chi connectivity index (χ3v) is 18.0. The summed E-state index contributed by atoms with van der Waals surface area (Å²) in [7, 11) is 0. The Kier molecular flexibility index (Phi) is 8.15. The smallest absolute Gasteiger partial charge is 0.252 e. The van der Waals surface area contributed by atoms with Crippen molar-refractivity contribution in [2.75, 3.05) is 14.7 Å². The maximum atomic E-state index is 6.61. The molecule has 5 heterocycles. The van der Waals surface area contributed by atoms with Gasteiger partial charge in [-0.1, -0.05) is 141 Å². The zero-order valence-electron chi connectivity index (χ0n) is 39.0. The Hall–Kier alpha value is -7.54. The Morgan fingerprint density at radius 3 is 2.09 bits per heavy atom. The summed E-state index contributed by atoms with van der Waals surface area (Å²) in [5, 5.41) is 4.85. The molecule has 1 saturated carbocycles. The Morgan fingerprint density at radius 2 is 1.20 bits per heavy atom. The van der Waals surface area contributed by atoms with Gasteiger partial charge in [0.1, 0.15) is 11.2 Å². The lowest BCUT2D eigenvalue weighted by Crippen LogP contribution is -2.61. The van der Waals surface area contributed by atoms with Crippen molar-refractivity contribution in [1.82, 2.24) is 0 Å². The van der Waals surface area contributed by atoms with E-state index in [0.29, 0.717) is 0 Å². The molecular formula is C63H48BN3OS. The van der Waals surface area contributed by atoms with Crippen LogP contribution >= 0.6 is 11.3 Å². The second kappa shape index (κ2) is 14.3. The first-order valence-corrected chi connectivity index (χ1v) is 25.5. The molecule has 330 valence electrons. The van der Waals surface area contributed by atoms with Crippen LogP contribution in [-0.2, 0) is 5.41 Å². The van der Waals surface area contributed by atoms with Gasteiger partial charge in [0.15, 0.2) is 0 Å². The third-order valence-electron chi connectivity index (χ3n) is 16.8. The molecule has 0 N–H and O–H groups in total. The summed E-state index contributed by atoms with van der Waals surface area (Å²) in [5.41, 5.74) is 20.6. The molecular weight excluding hydrogens is 858 g/mol. The normalized spacial score (nSPS) is 19.0. The van der Waals surface area contributed by atoms with Gasteiger partial charge in [-0.15, -0.1) is 11.3 Å². The molecule has 1 fully saturated rings. The number of rotatable bonds is 4. The Bertz CT molecular complexity index is 3970. The molecule has 4 nitrogen and oxygen atoms in total. The molecule has 2 atom stereocenters. The number of furan rings is 1. The zero-order valence-corrected chi connectivity index (χ0v) is 39.8. The highest BCUT2D eigenvalue weighted by molar-refractivity contribution is 7.26. The summed E-state index contributed by atoms with van der Waals surface area (Å²) in [4.78, 5) is 7.96. The van der Waals surface area contributed by atoms with E-state index < -0.39 is 0 Å². The number of para-hydroxylation sites is 2. The van der Waals surface area contributed by atoms with Crippen LogP contribution in [0.25, 0.3) is 53.2 Å². The van der Waals surface area contributed by atoms with E-state index in [-0.39, 0.29) is 17.7 Å². The van der Waals surface area contributed by atoms with Gasteiger partial charge in [0.05, 0.1) is 27.0 Å². The molecule has 0 saturated heterocycles. The average molecular weight is 906 g/mol. The number of anilines is 8. The molecule has 0 amide bonds. The fourth-order valence-electron chi connectivity index (χ4n) is 13.5. The van der Waals surface area contributed by atoms with Gasteiger partial charge in [0.25, 0.3) is 6.71 Å². The minimum absolute atomic E-state index is 0.0431. The number of benzene rings is 9. The lowest BCUT2D eigenvalue weighted by Gasteiger charge is -2.50. The molecule has 11 aromatic rings. The third kappa shape index (κ3) is 5.30. The monoisotopic (exact) mass is 905 g/mol. The largest absolute Gasteiger partial charge is 0.456 e. The minimum atomic E-state index is -0.0728. The van der Waals surface area contributed by atoms with Crippen molar-refractivity contribution < 1.29 is 4.42 Å². The standard InChI is InChI=1S/C63H48BN3OS/c1-39-35-54-60-55(36-39)66(52-25-15-21-44-43-19-8-12-28-58(43)69-61(44)52)53-38-42(67-49-23-10-9-22-46(49)62(2)33-13-14-34-63(62,67)3)30-31-47(53)64(60)48-37-41(40-17-5-4-6-18-40)29-32-50(48)65(54)51-24-16-27-57-59(51)45-20-7-11-26-56(45)68-57/h4-12,15-32,35-38H,13-14,33-34H2,1-3H3. The molecule has 0 bridgehead atoms. The molecule has 4 aliphatic rings. The SMILES string of the molecule is Cc1cc2c3c(c1)N(c1cccc4oc5ccccc5c14)c1ccc(-c4ccccc4)cc1B3c1ccc(N3c4ccccc4C4(C)CCCCC34C)cc1N2c1cccc2c1sc1ccccc12. The van der Waals surface area contributed by atoms with Crippen LogP contribution in [0.2, 0.25) is 0 Å². The molecule has 0 spiro atoms. The van der Waals surface area contributed by atoms with Crippen molar-refractivity contribution in [3.63, 3.8) is 0 Å². The van der Waals surface area contributed by atoms with E-state index in [1.54, 1.807) is 0 Å². The highest BCUT2D eigenvalue weighted by atomic mass is 32.1. The molecule has 69 heavy (non-hydrogen) atoms. The molecule has 2 unspecified atom stereocenters. The van der Waals surface area contributed by atoms with E-state index in [1.807, 2.05) is 11.3 Å². The fraction of sp³-hybridized carbons (Fsp3) is 0.143. The predicted molar refractivity (Wildman–Crippen MR) is 294 cm³/mol. The van der Waals surface area contributed by atoms with Gasteiger partial charge >= 0.3 is 0 Å². The summed E-state index contributed by atoms with van der Waals surface area (Å²) in [5.74, 6) is 0. The van der Waals surface area contributed by atoms with Gasteiger partial charge in [0.2, 0.25) is 0 Å². The first kappa shape index (κ1) is 39.5. The van der Waals surface area contributed by atoms with Crippen molar-refractivity contribution in [1.29, 1.82) is 0 Å². The fourth-order valence-corrected chi connectivity index (χ4v) is 14.7. The van der Waals surface area contributed by atoms with Crippen molar-refractivity contribution in [2.45, 2.75) is 57.4 Å². The van der Waals surface area contributed by atoms with Gasteiger partial charge in [-0.05, 0) is 132 Å². The molecule has 1 aliphatic carbocycles.